The first-order valence-corrected chi connectivity index (χ1v) is 14.7. The second-order valence-electron chi connectivity index (χ2n) is 11.8. The molecule has 0 radical (unpaired) electrons. The number of likely N-dealkylation sites (N-methyl/N-ethyl adjacent to an activating group) is 1. The number of carbonyl (C=O) groups is 2. The zero-order valence-corrected chi connectivity index (χ0v) is 23.1. The Bertz CT molecular complexity index is 874. The Morgan fingerprint density at radius 2 is 1.76 bits per heavy atom. The monoisotopic (exact) mass is 511 g/mol. The van der Waals surface area contributed by atoms with Crippen molar-refractivity contribution in [2.75, 3.05) is 33.2 Å². The molecule has 4 atom stereocenters. The third kappa shape index (κ3) is 7.33. The average molecular weight is 512 g/mol. The number of nitrogens with one attached hydrogen (secondary N) is 2. The van der Waals surface area contributed by atoms with Crippen LogP contribution in [-0.2, 0) is 16.0 Å². The zero-order chi connectivity index (χ0) is 26.3. The van der Waals surface area contributed by atoms with E-state index in [1.165, 1.54) is 44.1 Å². The molecule has 206 valence electrons. The van der Waals surface area contributed by atoms with Crippen LogP contribution >= 0.6 is 0 Å². The molecule has 1 saturated carbocycles. The summed E-state index contributed by atoms with van der Waals surface area (Å²) in [4.78, 5) is 31.9. The summed E-state index contributed by atoms with van der Waals surface area (Å²) in [5.41, 5.74) is 6.95. The highest BCUT2D eigenvalue weighted by Crippen LogP contribution is 2.35. The fraction of sp³-hybridized carbons (Fsp3) is 0.733. The van der Waals surface area contributed by atoms with Gasteiger partial charge in [0.05, 0.1) is 6.04 Å². The van der Waals surface area contributed by atoms with Crippen LogP contribution in [0.15, 0.2) is 30.3 Å². The molecule has 3 fully saturated rings. The Labute approximate surface area is 223 Å². The number of hydrogen-bond acceptors (Lipinski definition) is 5. The molecule has 2 saturated heterocycles. The van der Waals surface area contributed by atoms with Gasteiger partial charge in [0, 0.05) is 25.7 Å². The highest BCUT2D eigenvalue weighted by atomic mass is 16.2. The van der Waals surface area contributed by atoms with Crippen molar-refractivity contribution >= 4 is 11.8 Å². The predicted octanol–water partition coefficient (Wildman–Crippen LogP) is 3.28. The Morgan fingerprint density at radius 1 is 1.03 bits per heavy atom. The molecule has 2 aliphatic heterocycles. The van der Waals surface area contributed by atoms with Gasteiger partial charge in [0.25, 0.3) is 5.91 Å². The number of nitrogens with two attached hydrogens (primary N) is 1. The molecule has 1 aromatic rings. The lowest BCUT2D eigenvalue weighted by Crippen LogP contribution is -2.69. The van der Waals surface area contributed by atoms with Crippen LogP contribution in [0.3, 0.4) is 0 Å². The van der Waals surface area contributed by atoms with E-state index in [-0.39, 0.29) is 17.9 Å². The molecule has 4 N–H and O–H groups in total. The first-order chi connectivity index (χ1) is 17.9. The van der Waals surface area contributed by atoms with Gasteiger partial charge in [-0.1, -0.05) is 68.9 Å². The summed E-state index contributed by atoms with van der Waals surface area (Å²) in [5.74, 6) is 0.609. The van der Waals surface area contributed by atoms with E-state index in [4.69, 9.17) is 5.73 Å². The number of benzene rings is 1. The van der Waals surface area contributed by atoms with E-state index < -0.39 is 11.7 Å². The van der Waals surface area contributed by atoms with E-state index in [1.54, 1.807) is 7.05 Å². The van der Waals surface area contributed by atoms with Crippen molar-refractivity contribution in [3.8, 4) is 0 Å². The maximum atomic E-state index is 14.3. The van der Waals surface area contributed by atoms with Gasteiger partial charge in [0.1, 0.15) is 0 Å². The second-order valence-corrected chi connectivity index (χ2v) is 11.8. The molecule has 2 amide bonds. The topological polar surface area (TPSA) is 90.7 Å². The molecule has 4 unspecified atom stereocenters. The molecule has 37 heavy (non-hydrogen) atoms. The number of fused-ring (bicyclic) bond motifs is 1. The highest BCUT2D eigenvalue weighted by Gasteiger charge is 2.47. The van der Waals surface area contributed by atoms with E-state index in [0.717, 1.165) is 51.9 Å². The number of carbonyl (C=O) groups excluding carboxylic acids is 2. The number of rotatable bonds is 9. The van der Waals surface area contributed by atoms with Gasteiger partial charge in [-0.25, -0.2) is 0 Å². The normalized spacial score (nSPS) is 26.0. The minimum atomic E-state index is -1.35. The third-order valence-electron chi connectivity index (χ3n) is 9.14. The van der Waals surface area contributed by atoms with Gasteiger partial charge in [-0.15, -0.1) is 0 Å². The molecule has 4 rings (SSSR count). The standard InChI is InChI=1S/C30H49N5O2/c1-23(32-2)28(36)33-30(31,21-25-13-7-4-8-14-25)29(37)35-20-17-26-15-9-10-18-34(22-27(26)35)19-16-24-11-5-3-6-12-24/h3,5-6,11-12,23,25-27,32H,4,7-10,13-22,31H2,1-2H3,(H,33,36). The summed E-state index contributed by atoms with van der Waals surface area (Å²) < 4.78 is 0. The number of amides is 2. The van der Waals surface area contributed by atoms with E-state index in [9.17, 15) is 9.59 Å². The fourth-order valence-corrected chi connectivity index (χ4v) is 6.74. The smallest absolute Gasteiger partial charge is 0.263 e. The van der Waals surface area contributed by atoms with Crippen LogP contribution in [0.4, 0.5) is 0 Å². The molecule has 3 aliphatic rings. The van der Waals surface area contributed by atoms with Gasteiger partial charge in [0.15, 0.2) is 5.66 Å². The molecule has 7 nitrogen and oxygen atoms in total. The first-order valence-electron chi connectivity index (χ1n) is 14.7. The predicted molar refractivity (Wildman–Crippen MR) is 149 cm³/mol. The van der Waals surface area contributed by atoms with Gasteiger partial charge in [-0.3, -0.25) is 9.59 Å². The van der Waals surface area contributed by atoms with Crippen LogP contribution < -0.4 is 16.4 Å². The quantitative estimate of drug-likeness (QED) is 0.443. The highest BCUT2D eigenvalue weighted by molar-refractivity contribution is 5.92. The van der Waals surface area contributed by atoms with E-state index in [0.29, 0.717) is 18.3 Å². The number of likely N-dealkylation sites (tertiary alicyclic amines) is 2. The molecule has 1 aromatic carbocycles. The lowest BCUT2D eigenvalue weighted by Gasteiger charge is -2.41. The lowest BCUT2D eigenvalue weighted by molar-refractivity contribution is -0.144. The van der Waals surface area contributed by atoms with Crippen molar-refractivity contribution in [2.45, 2.75) is 95.3 Å². The van der Waals surface area contributed by atoms with Crippen LogP contribution in [0.1, 0.15) is 76.7 Å². The van der Waals surface area contributed by atoms with Crippen molar-refractivity contribution in [2.24, 2.45) is 17.6 Å². The first kappa shape index (κ1) is 28.1. The largest absolute Gasteiger partial charge is 0.335 e. The lowest BCUT2D eigenvalue weighted by atomic mass is 9.82. The Morgan fingerprint density at radius 3 is 2.49 bits per heavy atom. The SMILES string of the molecule is CNC(C)C(=O)NC(N)(CC1CCCCC1)C(=O)N1CCC2CCCCN(CCc3ccccc3)CC21. The van der Waals surface area contributed by atoms with Crippen LogP contribution in [-0.4, -0.2) is 72.6 Å². The minimum absolute atomic E-state index is 0.0780. The van der Waals surface area contributed by atoms with E-state index >= 15 is 0 Å². The summed E-state index contributed by atoms with van der Waals surface area (Å²) in [6.07, 6.45) is 12.0. The minimum Gasteiger partial charge on any atom is -0.335 e. The molecular weight excluding hydrogens is 462 g/mol. The zero-order valence-electron chi connectivity index (χ0n) is 23.1. The molecule has 0 bridgehead atoms. The van der Waals surface area contributed by atoms with Crippen LogP contribution in [0, 0.1) is 11.8 Å². The van der Waals surface area contributed by atoms with Crippen molar-refractivity contribution in [3.63, 3.8) is 0 Å². The van der Waals surface area contributed by atoms with Crippen LogP contribution in [0.5, 0.6) is 0 Å². The Kier molecular flexibility index (Phi) is 10.0. The molecule has 0 spiro atoms. The van der Waals surface area contributed by atoms with Gasteiger partial charge >= 0.3 is 0 Å². The van der Waals surface area contributed by atoms with Gasteiger partial charge < -0.3 is 26.2 Å². The summed E-state index contributed by atoms with van der Waals surface area (Å²) >= 11 is 0. The second kappa shape index (κ2) is 13.2. The molecule has 2 heterocycles. The fourth-order valence-electron chi connectivity index (χ4n) is 6.74. The molecular formula is C30H49N5O2. The van der Waals surface area contributed by atoms with Crippen molar-refractivity contribution < 1.29 is 9.59 Å². The third-order valence-corrected chi connectivity index (χ3v) is 9.14. The molecule has 7 heteroatoms. The van der Waals surface area contributed by atoms with E-state index in [1.807, 2.05) is 6.92 Å². The summed E-state index contributed by atoms with van der Waals surface area (Å²) in [6, 6.07) is 10.4. The summed E-state index contributed by atoms with van der Waals surface area (Å²) in [6.45, 7) is 5.52. The van der Waals surface area contributed by atoms with Crippen LogP contribution in [0.25, 0.3) is 0 Å². The van der Waals surface area contributed by atoms with Gasteiger partial charge in [0.2, 0.25) is 5.91 Å². The Balaban J connectivity index is 1.50. The van der Waals surface area contributed by atoms with Gasteiger partial charge in [-0.2, -0.15) is 0 Å². The molecule has 1 aliphatic carbocycles. The van der Waals surface area contributed by atoms with Crippen molar-refractivity contribution in [3.05, 3.63) is 35.9 Å². The van der Waals surface area contributed by atoms with Crippen LogP contribution in [0.2, 0.25) is 0 Å². The maximum Gasteiger partial charge on any atom is 0.263 e. The molecule has 0 aromatic heterocycles. The van der Waals surface area contributed by atoms with Crippen molar-refractivity contribution in [1.82, 2.24) is 20.4 Å². The number of nitrogens with zero attached hydrogens (tertiary/aromatic N) is 2. The summed E-state index contributed by atoms with van der Waals surface area (Å²) in [7, 11) is 1.76. The van der Waals surface area contributed by atoms with Gasteiger partial charge in [-0.05, 0) is 70.0 Å². The van der Waals surface area contributed by atoms with Crippen molar-refractivity contribution in [1.29, 1.82) is 0 Å². The number of hydrogen-bond donors (Lipinski definition) is 3. The van der Waals surface area contributed by atoms with E-state index in [2.05, 4.69) is 50.8 Å². The maximum absolute atomic E-state index is 14.3. The average Bonchev–Trinajstić information content (AvgIpc) is 3.28. The summed E-state index contributed by atoms with van der Waals surface area (Å²) in [5, 5.41) is 6.01. The Hall–Kier alpha value is -1.96.